The van der Waals surface area contributed by atoms with Gasteiger partial charge in [-0.3, -0.25) is 71.9 Å². The van der Waals surface area contributed by atoms with Crippen molar-refractivity contribution < 1.29 is 91.0 Å². The van der Waals surface area contributed by atoms with Crippen molar-refractivity contribution in [2.24, 2.45) is 121 Å². The first-order valence-corrected chi connectivity index (χ1v) is 52.1. The van der Waals surface area contributed by atoms with Crippen molar-refractivity contribution in [3.63, 3.8) is 0 Å². The predicted octanol–water partition coefficient (Wildman–Crippen LogP) is 5.18. The van der Waals surface area contributed by atoms with Crippen molar-refractivity contribution in [1.82, 2.24) is 77.7 Å². The normalized spacial score (nSPS) is 24.9. The number of likely N-dealkylation sites (tertiary alicyclic amines) is 3. The van der Waals surface area contributed by atoms with Gasteiger partial charge in [0, 0.05) is 75.7 Å². The number of ether oxygens (including phenoxy) is 1. The largest absolute Gasteiger partial charge is 0.378 e. The summed E-state index contributed by atoms with van der Waals surface area (Å²) in [7, 11) is 0. The highest BCUT2D eigenvalue weighted by Gasteiger charge is 2.73. The lowest BCUT2D eigenvalue weighted by atomic mass is 9.80. The number of hydrogen-bond donors (Lipinski definition) is 13. The number of nitrogens with two attached hydrogens (primary N) is 3. The van der Waals surface area contributed by atoms with E-state index in [0.717, 1.165) is 63.5 Å². The van der Waals surface area contributed by atoms with Gasteiger partial charge >= 0.3 is 18.1 Å². The summed E-state index contributed by atoms with van der Waals surface area (Å²) in [6, 6.07) is 2.33. The second-order valence-corrected chi connectivity index (χ2v) is 48.9. The third-order valence-electron chi connectivity index (χ3n) is 32.6. The molecule has 39 heteroatoms. The molecule has 5 heterocycles. The Morgan fingerprint density at radius 3 is 1.01 bits per heavy atom. The van der Waals surface area contributed by atoms with E-state index in [4.69, 9.17) is 33.5 Å². The molecule has 16 N–H and O–H groups in total. The third kappa shape index (κ3) is 25.9. The van der Waals surface area contributed by atoms with Gasteiger partial charge in [-0.25, -0.2) is 14.4 Å². The van der Waals surface area contributed by atoms with Gasteiger partial charge in [-0.15, -0.1) is 0 Å². The van der Waals surface area contributed by atoms with Crippen LogP contribution in [-0.2, 0) is 89.5 Å². The number of piperidine rings is 3. The molecule has 12 aliphatic rings. The molecule has 794 valence electrons. The van der Waals surface area contributed by atoms with Gasteiger partial charge < -0.3 is 105 Å². The minimum atomic E-state index is -1.11. The molecule has 2 aromatic rings. The number of benzene rings is 2. The Morgan fingerprint density at radius 1 is 0.403 bits per heavy atom. The minimum Gasteiger partial charge on any atom is -0.378 e. The van der Waals surface area contributed by atoms with Crippen LogP contribution in [0.2, 0.25) is 5.02 Å². The molecule has 18 atom stereocenters. The van der Waals surface area contributed by atoms with Crippen LogP contribution in [0.3, 0.4) is 0 Å². The number of urea groups is 3. The zero-order chi connectivity index (χ0) is 106. The molecule has 0 spiro atoms. The van der Waals surface area contributed by atoms with E-state index in [0.29, 0.717) is 96.4 Å². The fourth-order valence-corrected chi connectivity index (χ4v) is 23.0. The van der Waals surface area contributed by atoms with Gasteiger partial charge in [0.25, 0.3) is 17.7 Å². The molecule has 2 aromatic carbocycles. The molecule has 6 saturated carbocycles. The molecule has 38 nitrogen and oxygen atoms in total. The molecule has 7 aliphatic carbocycles. The number of primary amides is 3. The van der Waals surface area contributed by atoms with Crippen molar-refractivity contribution in [3.05, 3.63) is 64.7 Å². The summed E-state index contributed by atoms with van der Waals surface area (Å²) in [4.78, 5) is 249. The quantitative estimate of drug-likeness (QED) is 0.0395. The lowest BCUT2D eigenvalue weighted by molar-refractivity contribution is -0.145. The lowest BCUT2D eigenvalue weighted by Gasteiger charge is -2.39. The van der Waals surface area contributed by atoms with Gasteiger partial charge in [0.05, 0.1) is 31.3 Å². The van der Waals surface area contributed by atoms with Crippen LogP contribution in [0, 0.1) is 104 Å². The highest BCUT2D eigenvalue weighted by atomic mass is 35.5. The molecule has 18 amide bonds. The van der Waals surface area contributed by atoms with E-state index >= 15 is 0 Å². The Hall–Kier alpha value is -11.0. The molecule has 144 heavy (non-hydrogen) atoms. The summed E-state index contributed by atoms with van der Waals surface area (Å²) < 4.78 is 5.35. The average molecular weight is 2030 g/mol. The maximum absolute atomic E-state index is 14.4. The summed E-state index contributed by atoms with van der Waals surface area (Å²) in [5, 5.41) is 29.0. The monoisotopic (exact) mass is 2020 g/mol. The summed E-state index contributed by atoms with van der Waals surface area (Å²) in [5.74, 6) is -9.48. The van der Waals surface area contributed by atoms with Crippen molar-refractivity contribution >= 4 is 124 Å². The van der Waals surface area contributed by atoms with Crippen molar-refractivity contribution in [2.75, 3.05) is 77.0 Å². The van der Waals surface area contributed by atoms with Gasteiger partial charge in [0.2, 0.25) is 70.5 Å². The van der Waals surface area contributed by atoms with E-state index in [1.165, 1.54) is 25.8 Å². The number of hydrogen-bond acceptors (Lipinski definition) is 20. The smallest absolute Gasteiger partial charge is 0.316 e. The highest BCUT2D eigenvalue weighted by Crippen LogP contribution is 2.67. The number of fused-ring (bicyclic) bond motifs is 4. The number of carbonyl (C=O) groups excluding carboxylic acids is 18. The van der Waals surface area contributed by atoms with Gasteiger partial charge in [-0.05, 0) is 165 Å². The number of halogens is 1. The van der Waals surface area contributed by atoms with Crippen molar-refractivity contribution in [2.45, 2.75) is 301 Å². The predicted molar refractivity (Wildman–Crippen MR) is 538 cm³/mol. The minimum absolute atomic E-state index is 0.0580. The first kappa shape index (κ1) is 112. The van der Waals surface area contributed by atoms with Gasteiger partial charge in [-0.2, -0.15) is 0 Å². The Morgan fingerprint density at radius 2 is 0.722 bits per heavy atom. The summed E-state index contributed by atoms with van der Waals surface area (Å²) in [5.41, 5.74) is 16.5. The van der Waals surface area contributed by atoms with Crippen LogP contribution in [0.5, 0.6) is 0 Å². The van der Waals surface area contributed by atoms with E-state index in [9.17, 15) is 86.3 Å². The zero-order valence-electron chi connectivity index (χ0n) is 87.9. The second kappa shape index (κ2) is 44.3. The van der Waals surface area contributed by atoms with Crippen LogP contribution in [0.1, 0.15) is 221 Å². The van der Waals surface area contributed by atoms with Crippen LogP contribution in [-0.4, -0.2) is 281 Å². The number of Topliss-reactive ketones (excluding diaryl/α,β-unsaturated/α-hetero) is 3. The van der Waals surface area contributed by atoms with Crippen LogP contribution >= 0.6 is 11.6 Å². The van der Waals surface area contributed by atoms with E-state index < -0.39 is 177 Å². The molecule has 0 radical (unpaired) electrons. The molecular weight excluding hydrogens is 1870 g/mol. The number of piperazine rings is 1. The molecule has 0 aromatic heterocycles. The van der Waals surface area contributed by atoms with Crippen LogP contribution in [0.25, 0.3) is 0 Å². The molecule has 0 bridgehead atoms. The van der Waals surface area contributed by atoms with Crippen molar-refractivity contribution in [3.8, 4) is 0 Å². The molecule has 3 unspecified atom stereocenters. The first-order chi connectivity index (χ1) is 67.1. The number of amides is 18. The first-order valence-electron chi connectivity index (χ1n) is 51.7. The molecule has 14 rings (SSSR count). The van der Waals surface area contributed by atoms with E-state index in [2.05, 4.69) is 97.9 Å². The number of morpholine rings is 1. The SMILES string of the molecule is CC(C)[C@H](NC(=O)N[C@H](C(=O)N1C[C@H]2[C@@H]([C@H]1C(=O)NC(CC1CC1)C(=O)C(N)=O)C2(C)C)C(C)(C)C)C(=O)N1CCN(c2cccc(Cl)c2)CC1.CC(C)[C@H](NC(=O)N[C@H](C(=O)N1C[C@H]2[C@@H]([C@H]1C(=O)NC(CC1CC1)C(=O)C(N)=O)C2(C)C)C(C)(C)C)C(=O)NC1Cc2ccccc2C1.CC(C)[C@H](NC(=O)N[C@H](C(=O)N1C[C@H]2[C@@H]([C@H]1C(=O)NC(CC1CCC1)C(=O)C(N)=O)C2(C)C)C(C)(C)C)C(=O)N1CCOCC1. The van der Waals surface area contributed by atoms with E-state index in [1.807, 2.05) is 154 Å². The molecule has 5 aliphatic heterocycles. The van der Waals surface area contributed by atoms with Crippen molar-refractivity contribution in [1.29, 1.82) is 0 Å². The van der Waals surface area contributed by atoms with Crippen LogP contribution in [0.4, 0.5) is 20.1 Å². The van der Waals surface area contributed by atoms with Crippen LogP contribution in [0.15, 0.2) is 48.5 Å². The fourth-order valence-electron chi connectivity index (χ4n) is 22.8. The fraction of sp³-hybridized carbons (Fsp3) is 0.714. The third-order valence-corrected chi connectivity index (χ3v) is 32.8. The highest BCUT2D eigenvalue weighted by molar-refractivity contribution is 6.39. The number of nitrogens with zero attached hydrogens (tertiary/aromatic N) is 6. The summed E-state index contributed by atoms with van der Waals surface area (Å²) >= 11 is 6.18. The Bertz CT molecular complexity index is 5180. The number of anilines is 1. The standard InChI is InChI=1S/C37H54ClN7O6.C36H52N6O6.C32H52N6O7/c1-20(2)27(33(49)44-15-13-43(14-16-44)23-10-8-9-22(38)18-23)41-35(51)42-30(36(3,4)5)34(50)45-19-24-26(37(24,6)7)28(45)32(48)40-25(17-21-11-12-21)29(46)31(39)47;1-18(2)26(31(45)38-22-15-20-10-8-9-11-21(20)16-22)40-34(48)41-29(35(3,4)5)33(47)42-17-23-25(36(23,6)7)27(42)32(46)39-24(14-19-12-13-19)28(43)30(37)44;1-17(2)22(28(42)37-11-13-45-14-12-37)35-30(44)36-25(31(3,4)5)29(43)38-16-19-21(32(19,6)7)23(38)27(41)34-20(24(39)26(33)40)15-18-9-8-10-18/h8-10,18,20-21,24-28,30H,11-17,19H2,1-7H3,(H2,39,47)(H,40,48)(H2,41,42,51);8-11,18-19,22-27,29H,12-17H2,1-7H3,(H2,37,44)(H,38,45)(H,39,46)(H2,40,41,48);17-23,25H,8-16H2,1-7H3,(H2,33,40)(H,34,41)(H2,35,36,44)/t24-,25?,26-,27-,28-,30+;23-,24?,25-,26-,27-,29+;19-,20?,21-,22-,23-,25+/m000/s1. The maximum atomic E-state index is 14.4. The Kier molecular flexibility index (Phi) is 34.4. The van der Waals surface area contributed by atoms with E-state index in [-0.39, 0.29) is 111 Å². The average Bonchev–Trinajstić information content (AvgIpc) is 1.53. The summed E-state index contributed by atoms with van der Waals surface area (Å²) in [6.45, 7) is 44.7. The topological polar surface area (TPSA) is 534 Å². The van der Waals surface area contributed by atoms with E-state index in [1.54, 1.807) is 9.80 Å². The van der Waals surface area contributed by atoms with Gasteiger partial charge in [0.15, 0.2) is 0 Å². The Balaban J connectivity index is 0.000000193. The summed E-state index contributed by atoms with van der Waals surface area (Å²) in [6.07, 6.45) is 8.96. The number of rotatable bonds is 35. The van der Waals surface area contributed by atoms with Crippen LogP contribution < -0.4 is 75.3 Å². The number of ketones is 3. The maximum Gasteiger partial charge on any atom is 0.316 e. The number of nitrogens with one attached hydrogen (secondary N) is 10. The second-order valence-electron chi connectivity index (χ2n) is 48.5. The molecular formula is C105H158ClN19O19. The molecule has 5 saturated heterocycles. The van der Waals surface area contributed by atoms with Gasteiger partial charge in [-0.1, -0.05) is 232 Å². The molecule has 11 fully saturated rings. The van der Waals surface area contributed by atoms with Gasteiger partial charge in [0.1, 0.15) is 54.4 Å². The Labute approximate surface area is 851 Å². The lowest BCUT2D eigenvalue weighted by Crippen LogP contribution is -2.63. The number of carbonyl (C=O) groups is 18. The zero-order valence-corrected chi connectivity index (χ0v) is 88.6.